The standard InChI is InChI=1S/C15H23BrN2O2S/c1-3-15(7-4-8-15)11-18-21(19,20)14-6-5-12(10-17-2)9-13(14)16/h5-6,9,17-18H,3-4,7-8,10-11H2,1-2H3. The zero-order chi connectivity index (χ0) is 15.5. The molecule has 0 unspecified atom stereocenters. The molecule has 2 N–H and O–H groups in total. The summed E-state index contributed by atoms with van der Waals surface area (Å²) in [4.78, 5) is 0.313. The smallest absolute Gasteiger partial charge is 0.241 e. The van der Waals surface area contributed by atoms with Crippen LogP contribution in [0.25, 0.3) is 0 Å². The Morgan fingerprint density at radius 3 is 2.52 bits per heavy atom. The van der Waals surface area contributed by atoms with Crippen molar-refractivity contribution < 1.29 is 8.42 Å². The first kappa shape index (κ1) is 16.9. The van der Waals surface area contributed by atoms with Gasteiger partial charge in [-0.25, -0.2) is 13.1 Å². The van der Waals surface area contributed by atoms with Gasteiger partial charge in [0.1, 0.15) is 0 Å². The number of hydrogen-bond donors (Lipinski definition) is 2. The molecule has 1 saturated carbocycles. The number of sulfonamides is 1. The van der Waals surface area contributed by atoms with Crippen LogP contribution >= 0.6 is 15.9 Å². The van der Waals surface area contributed by atoms with E-state index in [1.54, 1.807) is 6.07 Å². The Balaban J connectivity index is 2.12. The Morgan fingerprint density at radius 2 is 2.05 bits per heavy atom. The molecule has 0 spiro atoms. The van der Waals surface area contributed by atoms with E-state index in [0.29, 0.717) is 22.5 Å². The van der Waals surface area contributed by atoms with Gasteiger partial charge in [-0.3, -0.25) is 0 Å². The molecule has 0 atom stereocenters. The largest absolute Gasteiger partial charge is 0.316 e. The molecular formula is C15H23BrN2O2S. The Morgan fingerprint density at radius 1 is 1.33 bits per heavy atom. The van der Waals surface area contributed by atoms with Gasteiger partial charge < -0.3 is 5.32 Å². The molecule has 21 heavy (non-hydrogen) atoms. The second kappa shape index (κ2) is 6.77. The fourth-order valence-electron chi connectivity index (χ4n) is 2.73. The minimum absolute atomic E-state index is 0.172. The summed E-state index contributed by atoms with van der Waals surface area (Å²) in [6.45, 7) is 3.39. The van der Waals surface area contributed by atoms with Crippen LogP contribution in [0.3, 0.4) is 0 Å². The first-order chi connectivity index (χ1) is 9.92. The van der Waals surface area contributed by atoms with E-state index >= 15 is 0 Å². The van der Waals surface area contributed by atoms with Gasteiger partial charge in [-0.2, -0.15) is 0 Å². The fraction of sp³-hybridized carbons (Fsp3) is 0.600. The van der Waals surface area contributed by atoms with Crippen molar-refractivity contribution in [1.29, 1.82) is 0 Å². The second-order valence-corrected chi connectivity index (χ2v) is 8.42. The third kappa shape index (κ3) is 3.86. The lowest BCUT2D eigenvalue weighted by atomic mass is 9.67. The first-order valence-corrected chi connectivity index (χ1v) is 9.63. The minimum atomic E-state index is -3.46. The van der Waals surface area contributed by atoms with Gasteiger partial charge in [0.25, 0.3) is 0 Å². The molecule has 0 heterocycles. The van der Waals surface area contributed by atoms with Gasteiger partial charge in [0.05, 0.1) is 4.90 Å². The highest BCUT2D eigenvalue weighted by Crippen LogP contribution is 2.43. The molecule has 1 aliphatic carbocycles. The molecule has 2 rings (SSSR count). The van der Waals surface area contributed by atoms with E-state index in [0.717, 1.165) is 24.8 Å². The lowest BCUT2D eigenvalue weighted by Crippen LogP contribution is -2.41. The van der Waals surface area contributed by atoms with Crippen molar-refractivity contribution in [3.63, 3.8) is 0 Å². The summed E-state index contributed by atoms with van der Waals surface area (Å²) in [5, 5.41) is 3.05. The van der Waals surface area contributed by atoms with Crippen molar-refractivity contribution >= 4 is 26.0 Å². The highest BCUT2D eigenvalue weighted by molar-refractivity contribution is 9.10. The molecule has 1 aromatic rings. The number of benzene rings is 1. The fourth-order valence-corrected chi connectivity index (χ4v) is 5.01. The third-order valence-corrected chi connectivity index (χ3v) is 6.85. The maximum Gasteiger partial charge on any atom is 0.241 e. The normalized spacial score (nSPS) is 17.5. The zero-order valence-corrected chi connectivity index (χ0v) is 15.0. The van der Waals surface area contributed by atoms with Crippen LogP contribution in [0.15, 0.2) is 27.6 Å². The van der Waals surface area contributed by atoms with Crippen molar-refractivity contribution in [2.45, 2.75) is 44.0 Å². The Kier molecular flexibility index (Phi) is 5.46. The number of rotatable bonds is 7. The molecule has 6 heteroatoms. The Bertz CT molecular complexity index is 592. The topological polar surface area (TPSA) is 58.2 Å². The number of hydrogen-bond acceptors (Lipinski definition) is 3. The van der Waals surface area contributed by atoms with Crippen molar-refractivity contribution in [1.82, 2.24) is 10.0 Å². The van der Waals surface area contributed by atoms with Crippen molar-refractivity contribution in [2.24, 2.45) is 5.41 Å². The maximum absolute atomic E-state index is 12.5. The molecule has 0 radical (unpaired) electrons. The highest BCUT2D eigenvalue weighted by atomic mass is 79.9. The van der Waals surface area contributed by atoms with E-state index in [-0.39, 0.29) is 5.41 Å². The van der Waals surface area contributed by atoms with Crippen molar-refractivity contribution in [3.8, 4) is 0 Å². The minimum Gasteiger partial charge on any atom is -0.316 e. The monoisotopic (exact) mass is 374 g/mol. The van der Waals surface area contributed by atoms with Crippen LogP contribution in [0.5, 0.6) is 0 Å². The van der Waals surface area contributed by atoms with Crippen LogP contribution in [-0.2, 0) is 16.6 Å². The van der Waals surface area contributed by atoms with Gasteiger partial charge in [0.2, 0.25) is 10.0 Å². The predicted molar refractivity (Wildman–Crippen MR) is 88.7 cm³/mol. The van der Waals surface area contributed by atoms with Gasteiger partial charge in [-0.15, -0.1) is 0 Å². The molecule has 0 amide bonds. The second-order valence-electron chi connectivity index (χ2n) is 5.83. The zero-order valence-electron chi connectivity index (χ0n) is 12.6. The summed E-state index contributed by atoms with van der Waals surface area (Å²) < 4.78 is 28.3. The van der Waals surface area contributed by atoms with E-state index in [2.05, 4.69) is 32.9 Å². The molecule has 118 valence electrons. The summed E-state index contributed by atoms with van der Waals surface area (Å²) in [6, 6.07) is 5.36. The van der Waals surface area contributed by atoms with Crippen molar-refractivity contribution in [3.05, 3.63) is 28.2 Å². The molecule has 0 aromatic heterocycles. The summed E-state index contributed by atoms with van der Waals surface area (Å²) >= 11 is 3.37. The van der Waals surface area contributed by atoms with Gasteiger partial charge >= 0.3 is 0 Å². The summed E-state index contributed by atoms with van der Waals surface area (Å²) in [6.07, 6.45) is 4.47. The van der Waals surface area contributed by atoms with Gasteiger partial charge in [-0.1, -0.05) is 19.4 Å². The van der Waals surface area contributed by atoms with Crippen LogP contribution in [0.2, 0.25) is 0 Å². The molecule has 0 bridgehead atoms. The average molecular weight is 375 g/mol. The lowest BCUT2D eigenvalue weighted by molar-refractivity contribution is 0.133. The van der Waals surface area contributed by atoms with Crippen LogP contribution in [0, 0.1) is 5.41 Å². The van der Waals surface area contributed by atoms with Gasteiger partial charge in [0.15, 0.2) is 0 Å². The molecule has 1 fully saturated rings. The van der Waals surface area contributed by atoms with E-state index in [9.17, 15) is 8.42 Å². The molecule has 4 nitrogen and oxygen atoms in total. The first-order valence-electron chi connectivity index (χ1n) is 7.35. The lowest BCUT2D eigenvalue weighted by Gasteiger charge is -2.41. The van der Waals surface area contributed by atoms with Gasteiger partial charge in [-0.05, 0) is 65.4 Å². The van der Waals surface area contributed by atoms with E-state index < -0.39 is 10.0 Å². The predicted octanol–water partition coefficient (Wildman–Crippen LogP) is 3.03. The maximum atomic E-state index is 12.5. The molecule has 1 aromatic carbocycles. The molecule has 0 aliphatic heterocycles. The number of nitrogens with one attached hydrogen (secondary N) is 2. The Hall–Kier alpha value is -0.430. The van der Waals surface area contributed by atoms with Gasteiger partial charge in [0, 0.05) is 17.6 Å². The average Bonchev–Trinajstić information content (AvgIpc) is 2.38. The van der Waals surface area contributed by atoms with Crippen LogP contribution in [0.4, 0.5) is 0 Å². The summed E-state index contributed by atoms with van der Waals surface area (Å²) in [5.41, 5.74) is 1.22. The van der Waals surface area contributed by atoms with Crippen LogP contribution in [0.1, 0.15) is 38.2 Å². The van der Waals surface area contributed by atoms with Crippen molar-refractivity contribution in [2.75, 3.05) is 13.6 Å². The Labute approximate surface area is 135 Å². The van der Waals surface area contributed by atoms with Crippen LogP contribution < -0.4 is 10.0 Å². The highest BCUT2D eigenvalue weighted by Gasteiger charge is 2.36. The van der Waals surface area contributed by atoms with E-state index in [1.165, 1.54) is 6.42 Å². The summed E-state index contributed by atoms with van der Waals surface area (Å²) in [7, 11) is -1.60. The van der Waals surface area contributed by atoms with E-state index in [4.69, 9.17) is 0 Å². The van der Waals surface area contributed by atoms with Crippen LogP contribution in [-0.4, -0.2) is 22.0 Å². The molecule has 0 saturated heterocycles. The molecular weight excluding hydrogens is 352 g/mol. The summed E-state index contributed by atoms with van der Waals surface area (Å²) in [5.74, 6) is 0. The quantitative estimate of drug-likeness (QED) is 0.770. The number of halogens is 1. The third-order valence-electron chi connectivity index (χ3n) is 4.47. The van der Waals surface area contributed by atoms with E-state index in [1.807, 2.05) is 19.2 Å². The molecule has 1 aliphatic rings. The SMILES string of the molecule is CCC1(CNS(=O)(=O)c2ccc(CNC)cc2Br)CCC1.